The van der Waals surface area contributed by atoms with Crippen molar-refractivity contribution < 1.29 is 14.6 Å². The van der Waals surface area contributed by atoms with Crippen LogP contribution < -0.4 is 4.74 Å². The van der Waals surface area contributed by atoms with E-state index in [2.05, 4.69) is 6.92 Å². The Kier molecular flexibility index (Phi) is 4.83. The molecular formula is C13H18O3. The second-order valence-corrected chi connectivity index (χ2v) is 3.88. The van der Waals surface area contributed by atoms with Gasteiger partial charge in [0.2, 0.25) is 0 Å². The molecule has 3 nitrogen and oxygen atoms in total. The Bertz CT molecular complexity index is 358. The normalized spacial score (nSPS) is 10.1. The fourth-order valence-electron chi connectivity index (χ4n) is 1.44. The summed E-state index contributed by atoms with van der Waals surface area (Å²) in [5, 5.41) is 9.20. The Morgan fingerprint density at radius 1 is 1.38 bits per heavy atom. The molecule has 0 spiro atoms. The van der Waals surface area contributed by atoms with Crippen molar-refractivity contribution in [3.63, 3.8) is 0 Å². The lowest BCUT2D eigenvalue weighted by molar-refractivity contribution is -0.134. The average Bonchev–Trinajstić information content (AvgIpc) is 2.23. The molecule has 1 N–H and O–H groups in total. The van der Waals surface area contributed by atoms with Gasteiger partial charge in [0.05, 0.1) is 0 Å². The topological polar surface area (TPSA) is 46.5 Å². The number of carbonyl (C=O) groups is 1. The van der Waals surface area contributed by atoms with Gasteiger partial charge in [-0.25, -0.2) is 0 Å². The summed E-state index contributed by atoms with van der Waals surface area (Å²) in [6.07, 6.45) is 3.45. The molecule has 88 valence electrons. The molecule has 0 unspecified atom stereocenters. The van der Waals surface area contributed by atoms with Crippen LogP contribution in [0.1, 0.15) is 38.2 Å². The van der Waals surface area contributed by atoms with E-state index in [0.717, 1.165) is 24.8 Å². The van der Waals surface area contributed by atoms with Gasteiger partial charge in [0.1, 0.15) is 11.5 Å². The third kappa shape index (κ3) is 3.93. The van der Waals surface area contributed by atoms with Gasteiger partial charge in [-0.05, 0) is 37.1 Å². The van der Waals surface area contributed by atoms with Crippen LogP contribution >= 0.6 is 0 Å². The van der Waals surface area contributed by atoms with E-state index in [1.165, 1.54) is 6.07 Å². The summed E-state index contributed by atoms with van der Waals surface area (Å²) in [6.45, 7) is 3.89. The number of rotatable bonds is 5. The number of hydrogen-bond acceptors (Lipinski definition) is 3. The molecule has 1 aromatic rings. The highest BCUT2D eigenvalue weighted by atomic mass is 16.5. The van der Waals surface area contributed by atoms with Gasteiger partial charge in [-0.3, -0.25) is 4.79 Å². The molecule has 0 aliphatic rings. The lowest BCUT2D eigenvalue weighted by Crippen LogP contribution is -2.08. The molecule has 0 heterocycles. The number of carbonyl (C=O) groups excluding carboxylic acids is 1. The van der Waals surface area contributed by atoms with Gasteiger partial charge in [-0.15, -0.1) is 0 Å². The second-order valence-electron chi connectivity index (χ2n) is 3.88. The predicted molar refractivity (Wildman–Crippen MR) is 62.6 cm³/mol. The maximum absolute atomic E-state index is 11.4. The average molecular weight is 222 g/mol. The quantitative estimate of drug-likeness (QED) is 0.473. The molecule has 0 saturated heterocycles. The van der Waals surface area contributed by atoms with Gasteiger partial charge in [0, 0.05) is 6.42 Å². The van der Waals surface area contributed by atoms with Crippen molar-refractivity contribution in [2.45, 2.75) is 39.5 Å². The minimum atomic E-state index is -0.206. The minimum Gasteiger partial charge on any atom is -0.508 e. The van der Waals surface area contributed by atoms with Crippen LogP contribution in [0.15, 0.2) is 18.2 Å². The monoisotopic (exact) mass is 222 g/mol. The zero-order chi connectivity index (χ0) is 12.0. The fraction of sp³-hybridized carbons (Fsp3) is 0.462. The smallest absolute Gasteiger partial charge is 0.311 e. The zero-order valence-corrected chi connectivity index (χ0v) is 9.82. The van der Waals surface area contributed by atoms with Crippen molar-refractivity contribution in [1.29, 1.82) is 0 Å². The molecule has 0 atom stereocenters. The maximum Gasteiger partial charge on any atom is 0.311 e. The number of aromatic hydroxyl groups is 1. The van der Waals surface area contributed by atoms with Crippen molar-refractivity contribution in [1.82, 2.24) is 0 Å². The van der Waals surface area contributed by atoms with Crippen LogP contribution in [0.2, 0.25) is 0 Å². The third-order valence-electron chi connectivity index (χ3n) is 2.37. The number of hydrogen-bond donors (Lipinski definition) is 1. The van der Waals surface area contributed by atoms with Gasteiger partial charge in [-0.1, -0.05) is 19.8 Å². The highest BCUT2D eigenvalue weighted by molar-refractivity contribution is 5.72. The molecule has 16 heavy (non-hydrogen) atoms. The second kappa shape index (κ2) is 6.16. The fourth-order valence-corrected chi connectivity index (χ4v) is 1.44. The summed E-state index contributed by atoms with van der Waals surface area (Å²) in [5.41, 5.74) is 0.767. The van der Waals surface area contributed by atoms with E-state index in [4.69, 9.17) is 4.74 Å². The summed E-state index contributed by atoms with van der Waals surface area (Å²) in [5.74, 6) is 0.504. The van der Waals surface area contributed by atoms with Gasteiger partial charge in [0.15, 0.2) is 0 Å². The molecule has 0 amide bonds. The SMILES string of the molecule is CCCCCC(=O)Oc1ccc(O)cc1C. The number of phenolic OH excluding ortho intramolecular Hbond substituents is 1. The van der Waals surface area contributed by atoms with E-state index < -0.39 is 0 Å². The predicted octanol–water partition coefficient (Wildman–Crippen LogP) is 3.19. The van der Waals surface area contributed by atoms with Crippen molar-refractivity contribution in [2.75, 3.05) is 0 Å². The number of esters is 1. The molecule has 1 aromatic carbocycles. The molecular weight excluding hydrogens is 204 g/mol. The summed E-state index contributed by atoms with van der Waals surface area (Å²) >= 11 is 0. The molecule has 0 radical (unpaired) electrons. The Balaban J connectivity index is 2.49. The molecule has 0 saturated carbocycles. The van der Waals surface area contributed by atoms with Crippen LogP contribution in [0.5, 0.6) is 11.5 Å². The van der Waals surface area contributed by atoms with E-state index in [9.17, 15) is 9.90 Å². The number of ether oxygens (including phenoxy) is 1. The summed E-state index contributed by atoms with van der Waals surface area (Å²) in [4.78, 5) is 11.4. The minimum absolute atomic E-state index is 0.184. The maximum atomic E-state index is 11.4. The Labute approximate surface area is 96.1 Å². The Morgan fingerprint density at radius 2 is 2.12 bits per heavy atom. The number of benzene rings is 1. The lowest BCUT2D eigenvalue weighted by atomic mass is 10.2. The van der Waals surface area contributed by atoms with E-state index >= 15 is 0 Å². The van der Waals surface area contributed by atoms with Crippen LogP contribution in [0.25, 0.3) is 0 Å². The molecule has 0 fully saturated rings. The van der Waals surface area contributed by atoms with Crippen molar-refractivity contribution in [3.8, 4) is 11.5 Å². The zero-order valence-electron chi connectivity index (χ0n) is 9.82. The molecule has 0 aromatic heterocycles. The van der Waals surface area contributed by atoms with Crippen molar-refractivity contribution in [3.05, 3.63) is 23.8 Å². The largest absolute Gasteiger partial charge is 0.508 e. The first-order valence-corrected chi connectivity index (χ1v) is 5.63. The van der Waals surface area contributed by atoms with E-state index in [0.29, 0.717) is 12.2 Å². The van der Waals surface area contributed by atoms with E-state index in [1.54, 1.807) is 19.1 Å². The highest BCUT2D eigenvalue weighted by Crippen LogP contribution is 2.22. The first kappa shape index (κ1) is 12.6. The summed E-state index contributed by atoms with van der Waals surface area (Å²) in [6, 6.07) is 4.71. The Hall–Kier alpha value is -1.51. The molecule has 1 rings (SSSR count). The summed E-state index contributed by atoms with van der Waals surface area (Å²) < 4.78 is 5.20. The first-order valence-electron chi connectivity index (χ1n) is 5.63. The van der Waals surface area contributed by atoms with E-state index in [1.807, 2.05) is 0 Å². The van der Waals surface area contributed by atoms with Crippen molar-refractivity contribution >= 4 is 5.97 Å². The van der Waals surface area contributed by atoms with Crippen LogP contribution in [-0.2, 0) is 4.79 Å². The van der Waals surface area contributed by atoms with Crippen LogP contribution in [0.3, 0.4) is 0 Å². The highest BCUT2D eigenvalue weighted by Gasteiger charge is 2.07. The van der Waals surface area contributed by atoms with Gasteiger partial charge >= 0.3 is 5.97 Å². The van der Waals surface area contributed by atoms with E-state index in [-0.39, 0.29) is 11.7 Å². The number of aryl methyl sites for hydroxylation is 1. The van der Waals surface area contributed by atoms with Crippen LogP contribution in [0, 0.1) is 6.92 Å². The third-order valence-corrected chi connectivity index (χ3v) is 2.37. The molecule has 0 bridgehead atoms. The molecule has 3 heteroatoms. The van der Waals surface area contributed by atoms with Gasteiger partial charge in [0.25, 0.3) is 0 Å². The molecule has 0 aliphatic carbocycles. The van der Waals surface area contributed by atoms with Crippen molar-refractivity contribution in [2.24, 2.45) is 0 Å². The lowest BCUT2D eigenvalue weighted by Gasteiger charge is -2.07. The number of unbranched alkanes of at least 4 members (excludes halogenated alkanes) is 2. The van der Waals surface area contributed by atoms with Crippen LogP contribution in [0.4, 0.5) is 0 Å². The Morgan fingerprint density at radius 3 is 2.75 bits per heavy atom. The van der Waals surface area contributed by atoms with Gasteiger partial charge in [-0.2, -0.15) is 0 Å². The number of phenols is 1. The summed E-state index contributed by atoms with van der Waals surface area (Å²) in [7, 11) is 0. The van der Waals surface area contributed by atoms with Gasteiger partial charge < -0.3 is 9.84 Å². The van der Waals surface area contributed by atoms with Crippen LogP contribution in [-0.4, -0.2) is 11.1 Å². The standard InChI is InChI=1S/C13H18O3/c1-3-4-5-6-13(15)16-12-8-7-11(14)9-10(12)2/h7-9,14H,3-6H2,1-2H3. The first-order chi connectivity index (χ1) is 7.63. The molecule has 0 aliphatic heterocycles.